The minimum atomic E-state index is -4.37. The number of imidazole rings is 1. The smallest absolute Gasteiger partial charge is 0.406 e. The molecule has 0 N–H and O–H groups in total. The second-order valence-electron chi connectivity index (χ2n) is 6.58. The second kappa shape index (κ2) is 8.50. The molecule has 0 unspecified atom stereocenters. The summed E-state index contributed by atoms with van der Waals surface area (Å²) in [4.78, 5) is 17.6. The van der Waals surface area contributed by atoms with Crippen LogP contribution in [0.4, 0.5) is 17.6 Å². The maximum Gasteiger partial charge on any atom is 0.406 e. The van der Waals surface area contributed by atoms with Gasteiger partial charge in [-0.3, -0.25) is 4.79 Å². The van der Waals surface area contributed by atoms with Crippen LogP contribution in [0.5, 0.6) is 0 Å². The Hall–Kier alpha value is -3.10. The highest BCUT2D eigenvalue weighted by atomic mass is 19.4. The zero-order chi connectivity index (χ0) is 21.0. The van der Waals surface area contributed by atoms with Gasteiger partial charge in [0.25, 0.3) is 0 Å². The number of aryl methyl sites for hydroxylation is 1. The highest BCUT2D eigenvalue weighted by Crippen LogP contribution is 2.25. The fourth-order valence-corrected chi connectivity index (χ4v) is 2.87. The summed E-state index contributed by atoms with van der Waals surface area (Å²) >= 11 is 0. The topological polar surface area (TPSA) is 51.3 Å². The summed E-state index contributed by atoms with van der Waals surface area (Å²) in [6.45, 7) is -1.20. The van der Waals surface area contributed by atoms with Gasteiger partial charge in [0.2, 0.25) is 5.91 Å². The van der Waals surface area contributed by atoms with Crippen LogP contribution in [0.1, 0.15) is 18.0 Å². The minimum Gasteiger partial charge on any atom is -0.461 e. The Morgan fingerprint density at radius 1 is 1.21 bits per heavy atom. The monoisotopic (exact) mass is 409 g/mol. The van der Waals surface area contributed by atoms with Gasteiger partial charge in [-0.2, -0.15) is 13.2 Å². The number of alkyl halides is 3. The third-order valence-electron chi connectivity index (χ3n) is 4.34. The molecule has 0 fully saturated rings. The van der Waals surface area contributed by atoms with Gasteiger partial charge in [0.15, 0.2) is 0 Å². The summed E-state index contributed by atoms with van der Waals surface area (Å²) in [5.74, 6) is 0.364. The average Bonchev–Trinajstić information content (AvgIpc) is 3.28. The van der Waals surface area contributed by atoms with E-state index < -0.39 is 18.5 Å². The van der Waals surface area contributed by atoms with E-state index in [0.29, 0.717) is 17.1 Å². The number of carbonyl (C=O) groups is 1. The van der Waals surface area contributed by atoms with Crippen molar-refractivity contribution >= 4 is 5.91 Å². The lowest BCUT2D eigenvalue weighted by molar-refractivity contribution is -0.141. The van der Waals surface area contributed by atoms with E-state index in [1.807, 2.05) is 0 Å². The molecule has 0 aliphatic heterocycles. The SMILES string of the molecule is CN(Cc1nccn1CC(F)(F)F)C(=O)CCc1ccc(-c2ccccc2F)o1. The largest absolute Gasteiger partial charge is 0.461 e. The second-order valence-corrected chi connectivity index (χ2v) is 6.58. The lowest BCUT2D eigenvalue weighted by Crippen LogP contribution is -2.29. The van der Waals surface area contributed by atoms with Crippen molar-refractivity contribution < 1.29 is 26.8 Å². The number of amides is 1. The molecular formula is C20H19F4N3O2. The molecule has 5 nitrogen and oxygen atoms in total. The molecule has 3 aromatic rings. The summed E-state index contributed by atoms with van der Waals surface area (Å²) in [5.41, 5.74) is 0.332. The van der Waals surface area contributed by atoms with E-state index in [1.165, 1.54) is 30.4 Å². The molecular weight excluding hydrogens is 390 g/mol. The summed E-state index contributed by atoms with van der Waals surface area (Å²) < 4.78 is 58.2. The molecule has 1 amide bonds. The molecule has 29 heavy (non-hydrogen) atoms. The van der Waals surface area contributed by atoms with Gasteiger partial charge in [-0.1, -0.05) is 12.1 Å². The first-order valence-electron chi connectivity index (χ1n) is 8.87. The Bertz CT molecular complexity index is 978. The van der Waals surface area contributed by atoms with Crippen molar-refractivity contribution in [1.82, 2.24) is 14.5 Å². The van der Waals surface area contributed by atoms with Crippen LogP contribution in [0.25, 0.3) is 11.3 Å². The molecule has 0 spiro atoms. The predicted molar refractivity (Wildman–Crippen MR) is 97.2 cm³/mol. The normalized spacial score (nSPS) is 11.6. The first-order valence-corrected chi connectivity index (χ1v) is 8.87. The molecule has 0 aliphatic carbocycles. The van der Waals surface area contributed by atoms with Gasteiger partial charge in [0.05, 0.1) is 12.1 Å². The van der Waals surface area contributed by atoms with Crippen LogP contribution in [0, 0.1) is 5.82 Å². The van der Waals surface area contributed by atoms with Crippen LogP contribution in [0.3, 0.4) is 0 Å². The number of nitrogens with zero attached hydrogens (tertiary/aromatic N) is 3. The van der Waals surface area contributed by atoms with Gasteiger partial charge in [-0.15, -0.1) is 0 Å². The molecule has 1 aromatic carbocycles. The van der Waals surface area contributed by atoms with E-state index in [9.17, 15) is 22.4 Å². The maximum absolute atomic E-state index is 13.8. The first kappa shape index (κ1) is 20.6. The van der Waals surface area contributed by atoms with E-state index in [-0.39, 0.29) is 31.1 Å². The van der Waals surface area contributed by atoms with Crippen LogP contribution in [-0.4, -0.2) is 33.6 Å². The van der Waals surface area contributed by atoms with Crippen LogP contribution in [-0.2, 0) is 24.3 Å². The molecule has 0 atom stereocenters. The Kier molecular flexibility index (Phi) is 6.05. The zero-order valence-electron chi connectivity index (χ0n) is 15.6. The summed E-state index contributed by atoms with van der Waals surface area (Å²) in [6, 6.07) is 9.51. The van der Waals surface area contributed by atoms with Crippen molar-refractivity contribution in [3.05, 3.63) is 66.2 Å². The van der Waals surface area contributed by atoms with E-state index in [4.69, 9.17) is 4.42 Å². The van der Waals surface area contributed by atoms with Gasteiger partial charge >= 0.3 is 6.18 Å². The number of hydrogen-bond donors (Lipinski definition) is 0. The molecule has 154 valence electrons. The molecule has 0 saturated carbocycles. The molecule has 9 heteroatoms. The maximum atomic E-state index is 13.8. The number of halogens is 4. The van der Waals surface area contributed by atoms with Crippen molar-refractivity contribution in [3.8, 4) is 11.3 Å². The fourth-order valence-electron chi connectivity index (χ4n) is 2.87. The summed E-state index contributed by atoms with van der Waals surface area (Å²) in [7, 11) is 1.50. The predicted octanol–water partition coefficient (Wildman–Crippen LogP) is 4.44. The fraction of sp³-hybridized carbons (Fsp3) is 0.300. The van der Waals surface area contributed by atoms with Crippen molar-refractivity contribution in [2.75, 3.05) is 7.05 Å². The standard InChI is InChI=1S/C20H19F4N3O2/c1-26(12-18-25-10-11-27(18)13-20(22,23)24)19(28)9-7-14-6-8-17(29-14)15-4-2-3-5-16(15)21/h2-6,8,10-11H,7,9,12-13H2,1H3. The number of benzene rings is 1. The molecule has 0 radical (unpaired) electrons. The highest BCUT2D eigenvalue weighted by molar-refractivity contribution is 5.76. The van der Waals surface area contributed by atoms with E-state index >= 15 is 0 Å². The van der Waals surface area contributed by atoms with Gasteiger partial charge in [0, 0.05) is 32.3 Å². The number of carbonyl (C=O) groups excluding carboxylic acids is 1. The number of rotatable bonds is 7. The Morgan fingerprint density at radius 2 is 1.97 bits per heavy atom. The van der Waals surface area contributed by atoms with Gasteiger partial charge in [-0.25, -0.2) is 9.37 Å². The third-order valence-corrected chi connectivity index (χ3v) is 4.34. The number of hydrogen-bond acceptors (Lipinski definition) is 3. The van der Waals surface area contributed by atoms with Gasteiger partial charge in [-0.05, 0) is 24.3 Å². The number of aromatic nitrogens is 2. The van der Waals surface area contributed by atoms with E-state index in [1.54, 1.807) is 30.3 Å². The molecule has 2 heterocycles. The van der Waals surface area contributed by atoms with Crippen LogP contribution in [0.2, 0.25) is 0 Å². The van der Waals surface area contributed by atoms with Crippen molar-refractivity contribution in [2.45, 2.75) is 32.1 Å². The Balaban J connectivity index is 1.56. The number of furan rings is 1. The highest BCUT2D eigenvalue weighted by Gasteiger charge is 2.29. The lowest BCUT2D eigenvalue weighted by Gasteiger charge is -2.18. The molecule has 3 rings (SSSR count). The van der Waals surface area contributed by atoms with Crippen LogP contribution in [0.15, 0.2) is 53.2 Å². The van der Waals surface area contributed by atoms with Gasteiger partial charge < -0.3 is 13.9 Å². The lowest BCUT2D eigenvalue weighted by atomic mass is 10.1. The van der Waals surface area contributed by atoms with E-state index in [0.717, 1.165) is 4.57 Å². The first-order chi connectivity index (χ1) is 13.7. The van der Waals surface area contributed by atoms with Gasteiger partial charge in [0.1, 0.15) is 29.7 Å². The van der Waals surface area contributed by atoms with Crippen LogP contribution < -0.4 is 0 Å². The average molecular weight is 409 g/mol. The van der Waals surface area contributed by atoms with Crippen LogP contribution >= 0.6 is 0 Å². The zero-order valence-corrected chi connectivity index (χ0v) is 15.6. The van der Waals surface area contributed by atoms with Crippen molar-refractivity contribution in [2.24, 2.45) is 0 Å². The molecule has 0 bridgehead atoms. The van der Waals surface area contributed by atoms with Crippen molar-refractivity contribution in [1.29, 1.82) is 0 Å². The minimum absolute atomic E-state index is 0.0411. The molecule has 0 aliphatic rings. The van der Waals surface area contributed by atoms with E-state index in [2.05, 4.69) is 4.98 Å². The van der Waals surface area contributed by atoms with Crippen molar-refractivity contribution in [3.63, 3.8) is 0 Å². The third kappa shape index (κ3) is 5.46. The quantitative estimate of drug-likeness (QED) is 0.543. The Morgan fingerprint density at radius 3 is 2.69 bits per heavy atom. The Labute approximate surface area is 164 Å². The summed E-state index contributed by atoms with van der Waals surface area (Å²) in [5, 5.41) is 0. The molecule has 0 saturated heterocycles. The molecule has 2 aromatic heterocycles. The summed E-state index contributed by atoms with van der Waals surface area (Å²) in [6.07, 6.45) is -1.48.